The van der Waals surface area contributed by atoms with Crippen LogP contribution < -0.4 is 4.74 Å². The lowest BCUT2D eigenvalue weighted by Gasteiger charge is -2.34. The van der Waals surface area contributed by atoms with Gasteiger partial charge in [-0.05, 0) is 37.0 Å². The van der Waals surface area contributed by atoms with Crippen LogP contribution in [-0.2, 0) is 0 Å². The van der Waals surface area contributed by atoms with Gasteiger partial charge in [-0.1, -0.05) is 29.8 Å². The minimum absolute atomic E-state index is 0.147. The summed E-state index contributed by atoms with van der Waals surface area (Å²) in [6.07, 6.45) is 2.64. The summed E-state index contributed by atoms with van der Waals surface area (Å²) in [5.41, 5.74) is 0.904. The highest BCUT2D eigenvalue weighted by Gasteiger charge is 2.30. The van der Waals surface area contributed by atoms with Crippen molar-refractivity contribution in [2.45, 2.75) is 45.3 Å². The number of benzene rings is 1. The largest absolute Gasteiger partial charge is 0.490 e. The van der Waals surface area contributed by atoms with Crippen molar-refractivity contribution in [3.05, 3.63) is 28.2 Å². The fourth-order valence-corrected chi connectivity index (χ4v) is 2.93. The second kappa shape index (κ2) is 5.40. The molecule has 0 aliphatic carbocycles. The van der Waals surface area contributed by atoms with E-state index < -0.39 is 6.10 Å². The maximum absolute atomic E-state index is 10.2. The molecule has 2 rings (SSSR count). The van der Waals surface area contributed by atoms with E-state index in [-0.39, 0.29) is 6.10 Å². The predicted octanol–water partition coefficient (Wildman–Crippen LogP) is 4.07. The predicted molar refractivity (Wildman–Crippen MR) is 72.2 cm³/mol. The molecule has 0 spiro atoms. The second-order valence-corrected chi connectivity index (χ2v) is 5.58. The summed E-state index contributed by atoms with van der Waals surface area (Å²) in [6, 6.07) is 5.85. The van der Waals surface area contributed by atoms with Gasteiger partial charge in [0.05, 0.1) is 6.10 Å². The summed E-state index contributed by atoms with van der Waals surface area (Å²) in [4.78, 5) is 0. The molecule has 1 N–H and O–H groups in total. The van der Waals surface area contributed by atoms with Crippen LogP contribution in [0.2, 0.25) is 0 Å². The topological polar surface area (TPSA) is 29.5 Å². The molecule has 1 aliphatic heterocycles. The first kappa shape index (κ1) is 12.9. The minimum atomic E-state index is -0.401. The SMILES string of the molecule is CCC(CC)C1C[C@H](O)c2cc(Br)ccc2O1. The molecule has 1 aromatic carbocycles. The summed E-state index contributed by atoms with van der Waals surface area (Å²) in [6.45, 7) is 4.36. The van der Waals surface area contributed by atoms with Crippen LogP contribution in [-0.4, -0.2) is 11.2 Å². The van der Waals surface area contributed by atoms with Gasteiger partial charge in [0.2, 0.25) is 0 Å². The molecule has 0 amide bonds. The standard InChI is InChI=1S/C14H19BrO2/c1-3-9(4-2)14-8-12(16)11-7-10(15)5-6-13(11)17-14/h5-7,9,12,14,16H,3-4,8H2,1-2H3/t12-,14?/m0/s1. The molecule has 0 fully saturated rings. The van der Waals surface area contributed by atoms with Crippen LogP contribution in [0.4, 0.5) is 0 Å². The fourth-order valence-electron chi connectivity index (χ4n) is 2.55. The van der Waals surface area contributed by atoms with Crippen LogP contribution in [0.25, 0.3) is 0 Å². The molecule has 0 aromatic heterocycles. The van der Waals surface area contributed by atoms with Crippen molar-refractivity contribution in [2.24, 2.45) is 5.92 Å². The Morgan fingerprint density at radius 1 is 1.41 bits per heavy atom. The van der Waals surface area contributed by atoms with Crippen LogP contribution in [0.5, 0.6) is 5.75 Å². The minimum Gasteiger partial charge on any atom is -0.490 e. The van der Waals surface area contributed by atoms with Gasteiger partial charge in [-0.15, -0.1) is 0 Å². The lowest BCUT2D eigenvalue weighted by Crippen LogP contribution is -2.32. The summed E-state index contributed by atoms with van der Waals surface area (Å²) in [7, 11) is 0. The Morgan fingerprint density at radius 2 is 2.12 bits per heavy atom. The highest BCUT2D eigenvalue weighted by Crippen LogP contribution is 2.39. The quantitative estimate of drug-likeness (QED) is 0.911. The third kappa shape index (κ3) is 2.66. The zero-order valence-electron chi connectivity index (χ0n) is 10.3. The maximum atomic E-state index is 10.2. The third-order valence-electron chi connectivity index (χ3n) is 3.64. The molecule has 2 atom stereocenters. The van der Waals surface area contributed by atoms with Crippen LogP contribution in [0, 0.1) is 5.92 Å². The Morgan fingerprint density at radius 3 is 2.76 bits per heavy atom. The molecular weight excluding hydrogens is 280 g/mol. The van der Waals surface area contributed by atoms with Crippen LogP contribution in [0.3, 0.4) is 0 Å². The molecule has 2 nitrogen and oxygen atoms in total. The van der Waals surface area contributed by atoms with E-state index in [0.29, 0.717) is 12.3 Å². The molecule has 1 aromatic rings. The first-order chi connectivity index (χ1) is 8.15. The number of rotatable bonds is 3. The van der Waals surface area contributed by atoms with Gasteiger partial charge in [-0.2, -0.15) is 0 Å². The normalized spacial score (nSPS) is 23.4. The van der Waals surface area contributed by atoms with Crippen molar-refractivity contribution in [1.29, 1.82) is 0 Å². The van der Waals surface area contributed by atoms with Crippen LogP contribution in [0.15, 0.2) is 22.7 Å². The van der Waals surface area contributed by atoms with E-state index in [9.17, 15) is 5.11 Å². The highest BCUT2D eigenvalue weighted by atomic mass is 79.9. The molecule has 17 heavy (non-hydrogen) atoms. The number of hydrogen-bond donors (Lipinski definition) is 1. The Kier molecular flexibility index (Phi) is 4.10. The molecular formula is C14H19BrO2. The fraction of sp³-hybridized carbons (Fsp3) is 0.571. The average molecular weight is 299 g/mol. The van der Waals surface area contributed by atoms with Crippen molar-refractivity contribution in [3.63, 3.8) is 0 Å². The lowest BCUT2D eigenvalue weighted by molar-refractivity contribution is 0.0317. The van der Waals surface area contributed by atoms with Gasteiger partial charge in [-0.25, -0.2) is 0 Å². The molecule has 0 bridgehead atoms. The number of fused-ring (bicyclic) bond motifs is 1. The number of aliphatic hydroxyl groups is 1. The zero-order chi connectivity index (χ0) is 12.4. The summed E-state index contributed by atoms with van der Waals surface area (Å²) < 4.78 is 7.01. The van der Waals surface area contributed by atoms with Gasteiger partial charge in [0.1, 0.15) is 11.9 Å². The number of aliphatic hydroxyl groups excluding tert-OH is 1. The molecule has 1 aliphatic rings. The molecule has 1 heterocycles. The second-order valence-electron chi connectivity index (χ2n) is 4.67. The number of halogens is 1. The van der Waals surface area contributed by atoms with Gasteiger partial charge < -0.3 is 9.84 Å². The third-order valence-corrected chi connectivity index (χ3v) is 4.13. The number of ether oxygens (including phenoxy) is 1. The van der Waals surface area contributed by atoms with Crippen molar-refractivity contribution in [2.75, 3.05) is 0 Å². The average Bonchev–Trinajstić information content (AvgIpc) is 2.32. The Hall–Kier alpha value is -0.540. The van der Waals surface area contributed by atoms with Gasteiger partial charge in [0.25, 0.3) is 0 Å². The van der Waals surface area contributed by atoms with E-state index in [0.717, 1.165) is 28.6 Å². The van der Waals surface area contributed by atoms with Gasteiger partial charge >= 0.3 is 0 Å². The molecule has 94 valence electrons. The summed E-state index contributed by atoms with van der Waals surface area (Å²) in [5.74, 6) is 1.37. The molecule has 0 saturated heterocycles. The highest BCUT2D eigenvalue weighted by molar-refractivity contribution is 9.10. The Labute approximate surface area is 111 Å². The van der Waals surface area contributed by atoms with Gasteiger partial charge in [-0.3, -0.25) is 0 Å². The Bertz CT molecular complexity index is 388. The van der Waals surface area contributed by atoms with E-state index in [2.05, 4.69) is 29.8 Å². The maximum Gasteiger partial charge on any atom is 0.125 e. The molecule has 0 radical (unpaired) electrons. The van der Waals surface area contributed by atoms with E-state index >= 15 is 0 Å². The summed E-state index contributed by atoms with van der Waals surface area (Å²) >= 11 is 3.42. The van der Waals surface area contributed by atoms with Crippen molar-refractivity contribution < 1.29 is 9.84 Å². The van der Waals surface area contributed by atoms with Gasteiger partial charge in [0, 0.05) is 16.5 Å². The smallest absolute Gasteiger partial charge is 0.125 e. The van der Waals surface area contributed by atoms with Crippen molar-refractivity contribution in [1.82, 2.24) is 0 Å². The van der Waals surface area contributed by atoms with Crippen LogP contribution >= 0.6 is 15.9 Å². The first-order valence-electron chi connectivity index (χ1n) is 6.29. The molecule has 3 heteroatoms. The molecule has 0 saturated carbocycles. The van der Waals surface area contributed by atoms with Crippen molar-refractivity contribution in [3.8, 4) is 5.75 Å². The monoisotopic (exact) mass is 298 g/mol. The van der Waals surface area contributed by atoms with E-state index in [1.165, 1.54) is 0 Å². The van der Waals surface area contributed by atoms with Gasteiger partial charge in [0.15, 0.2) is 0 Å². The lowest BCUT2D eigenvalue weighted by atomic mass is 9.88. The van der Waals surface area contributed by atoms with E-state index in [1.807, 2.05) is 18.2 Å². The molecule has 1 unspecified atom stereocenters. The zero-order valence-corrected chi connectivity index (χ0v) is 11.9. The van der Waals surface area contributed by atoms with Crippen LogP contribution in [0.1, 0.15) is 44.8 Å². The van der Waals surface area contributed by atoms with Crippen molar-refractivity contribution >= 4 is 15.9 Å². The first-order valence-corrected chi connectivity index (χ1v) is 7.09. The van der Waals surface area contributed by atoms with E-state index in [1.54, 1.807) is 0 Å². The summed E-state index contributed by atoms with van der Waals surface area (Å²) in [5, 5.41) is 10.2. The Balaban J connectivity index is 2.24. The van der Waals surface area contributed by atoms with E-state index in [4.69, 9.17) is 4.74 Å². The number of hydrogen-bond acceptors (Lipinski definition) is 2.